The number of benzene rings is 1. The molecule has 0 atom stereocenters. The number of carbonyl (C=O) groups is 1. The summed E-state index contributed by atoms with van der Waals surface area (Å²) < 4.78 is 6.06. The van der Waals surface area contributed by atoms with Crippen molar-refractivity contribution in [2.75, 3.05) is 5.32 Å². The third-order valence-electron chi connectivity index (χ3n) is 4.92. The van der Waals surface area contributed by atoms with Gasteiger partial charge in [0.2, 0.25) is 0 Å². The summed E-state index contributed by atoms with van der Waals surface area (Å²) >= 11 is 6.45. The Morgan fingerprint density at radius 3 is 2.87 bits per heavy atom. The molecule has 2 N–H and O–H groups in total. The quantitative estimate of drug-likeness (QED) is 0.835. The van der Waals surface area contributed by atoms with Gasteiger partial charge in [-0.15, -0.1) is 0 Å². The number of hydrogen-bond donors (Lipinski definition) is 2. The molecule has 1 fully saturated rings. The number of carbonyl (C=O) groups excluding carboxylic acids is 1. The van der Waals surface area contributed by atoms with Crippen LogP contribution in [0, 0.1) is 0 Å². The lowest BCUT2D eigenvalue weighted by atomic mass is 9.74. The van der Waals surface area contributed by atoms with Gasteiger partial charge >= 0.3 is 6.03 Å². The molecule has 2 amide bonds. The maximum absolute atomic E-state index is 12.2. The molecule has 1 aromatic heterocycles. The summed E-state index contributed by atoms with van der Waals surface area (Å²) in [5.41, 5.74) is 2.82. The van der Waals surface area contributed by atoms with Gasteiger partial charge in [0.25, 0.3) is 0 Å². The fraction of sp³-hybridized carbons (Fsp3) is 0.529. The Hall–Kier alpha value is -1.75. The molecule has 1 aliphatic carbocycles. The number of urea groups is 1. The number of rotatable bonds is 2. The zero-order valence-electron chi connectivity index (χ0n) is 13.2. The molecule has 1 spiro atoms. The number of aryl methyl sites for hydroxylation is 1. The Bertz CT molecular complexity index is 778. The number of nitrogens with one attached hydrogen (secondary N) is 2. The number of oxazole rings is 1. The zero-order valence-corrected chi connectivity index (χ0v) is 13.9. The molecule has 5 nitrogen and oxygen atoms in total. The van der Waals surface area contributed by atoms with Crippen LogP contribution >= 0.6 is 11.6 Å². The molecule has 0 radical (unpaired) electrons. The van der Waals surface area contributed by atoms with Gasteiger partial charge in [-0.2, -0.15) is 0 Å². The highest BCUT2D eigenvalue weighted by Crippen LogP contribution is 2.48. The number of fused-ring (bicyclic) bond motifs is 4. The van der Waals surface area contributed by atoms with Crippen LogP contribution in [0.4, 0.5) is 10.5 Å². The van der Waals surface area contributed by atoms with Crippen LogP contribution in [0.2, 0.25) is 5.02 Å². The molecule has 2 heterocycles. The molecule has 0 bridgehead atoms. The van der Waals surface area contributed by atoms with Gasteiger partial charge in [-0.3, -0.25) is 0 Å². The normalized spacial score (nSPS) is 19.5. The van der Waals surface area contributed by atoms with E-state index < -0.39 is 0 Å². The van der Waals surface area contributed by atoms with Crippen LogP contribution in [0.1, 0.15) is 56.9 Å². The van der Waals surface area contributed by atoms with E-state index in [0.717, 1.165) is 61.1 Å². The summed E-state index contributed by atoms with van der Waals surface area (Å²) in [6, 6.07) is 1.61. The van der Waals surface area contributed by atoms with E-state index >= 15 is 0 Å². The maximum atomic E-state index is 12.2. The molecule has 122 valence electrons. The molecular formula is C17H20ClN3O2. The van der Waals surface area contributed by atoms with E-state index in [2.05, 4.69) is 22.5 Å². The lowest BCUT2D eigenvalue weighted by Gasteiger charge is -2.42. The van der Waals surface area contributed by atoms with Gasteiger partial charge < -0.3 is 15.1 Å². The van der Waals surface area contributed by atoms with Crippen molar-refractivity contribution < 1.29 is 9.21 Å². The Balaban J connectivity index is 1.98. The van der Waals surface area contributed by atoms with Crippen molar-refractivity contribution in [3.05, 3.63) is 22.5 Å². The van der Waals surface area contributed by atoms with Crippen molar-refractivity contribution in [1.29, 1.82) is 0 Å². The van der Waals surface area contributed by atoms with Gasteiger partial charge in [0.05, 0.1) is 16.2 Å². The van der Waals surface area contributed by atoms with Crippen LogP contribution < -0.4 is 10.6 Å². The highest BCUT2D eigenvalue weighted by atomic mass is 35.5. The standard InChI is InChI=1S/C17H20ClN3O2/c1-2-6-12-19-11-9-10(18)14-13(15(11)23-12)17(21-16(22)20-14)7-4-3-5-8-17/h9H,2-8H2,1H3,(H2,20,21,22). The van der Waals surface area contributed by atoms with Crippen LogP contribution in [0.25, 0.3) is 11.1 Å². The molecule has 1 aliphatic heterocycles. The predicted molar refractivity (Wildman–Crippen MR) is 89.9 cm³/mol. The average molecular weight is 334 g/mol. The summed E-state index contributed by atoms with van der Waals surface area (Å²) in [5.74, 6) is 0.731. The second kappa shape index (κ2) is 5.41. The van der Waals surface area contributed by atoms with E-state index in [0.29, 0.717) is 10.7 Å². The minimum atomic E-state index is -0.387. The van der Waals surface area contributed by atoms with Gasteiger partial charge in [0.1, 0.15) is 5.52 Å². The SMILES string of the molecule is CCCc1nc2cc(Cl)c3c(c2o1)C1(CCCCC1)NC(=O)N3. The second-order valence-electron chi connectivity index (χ2n) is 6.54. The lowest BCUT2D eigenvalue weighted by molar-refractivity contribution is 0.209. The molecule has 0 saturated heterocycles. The fourth-order valence-electron chi connectivity index (χ4n) is 3.93. The van der Waals surface area contributed by atoms with Gasteiger partial charge in [-0.05, 0) is 25.3 Å². The summed E-state index contributed by atoms with van der Waals surface area (Å²) in [5, 5.41) is 6.55. The van der Waals surface area contributed by atoms with Crippen molar-refractivity contribution in [3.63, 3.8) is 0 Å². The number of anilines is 1. The molecule has 1 aromatic carbocycles. The van der Waals surface area contributed by atoms with Crippen molar-refractivity contribution >= 4 is 34.4 Å². The van der Waals surface area contributed by atoms with Crippen LogP contribution in [0.3, 0.4) is 0 Å². The Morgan fingerprint density at radius 2 is 2.13 bits per heavy atom. The molecule has 6 heteroatoms. The highest BCUT2D eigenvalue weighted by molar-refractivity contribution is 6.35. The monoisotopic (exact) mass is 333 g/mol. The van der Waals surface area contributed by atoms with E-state index in [1.165, 1.54) is 6.42 Å². The maximum Gasteiger partial charge on any atom is 0.319 e. The zero-order chi connectivity index (χ0) is 16.0. The van der Waals surface area contributed by atoms with Gasteiger partial charge in [0.15, 0.2) is 11.5 Å². The summed E-state index contributed by atoms with van der Waals surface area (Å²) in [6.07, 6.45) is 6.96. The summed E-state index contributed by atoms with van der Waals surface area (Å²) in [7, 11) is 0. The van der Waals surface area contributed by atoms with Crippen molar-refractivity contribution in [2.24, 2.45) is 0 Å². The summed E-state index contributed by atoms with van der Waals surface area (Å²) in [4.78, 5) is 16.7. The first kappa shape index (κ1) is 14.8. The van der Waals surface area contributed by atoms with Crippen LogP contribution in [0.15, 0.2) is 10.5 Å². The number of halogens is 1. The number of amides is 2. The second-order valence-corrected chi connectivity index (χ2v) is 6.94. The molecule has 23 heavy (non-hydrogen) atoms. The van der Waals surface area contributed by atoms with Crippen LogP contribution in [0.5, 0.6) is 0 Å². The molecule has 0 unspecified atom stereocenters. The minimum absolute atomic E-state index is 0.186. The predicted octanol–water partition coefficient (Wildman–Crippen LogP) is 4.73. The van der Waals surface area contributed by atoms with Gasteiger partial charge in [-0.25, -0.2) is 9.78 Å². The first-order valence-corrected chi connectivity index (χ1v) is 8.72. The van der Waals surface area contributed by atoms with E-state index in [9.17, 15) is 4.79 Å². The Labute approximate surface area is 139 Å². The van der Waals surface area contributed by atoms with E-state index in [4.69, 9.17) is 16.0 Å². The van der Waals surface area contributed by atoms with Crippen LogP contribution in [-0.2, 0) is 12.0 Å². The topological polar surface area (TPSA) is 67.2 Å². The molecule has 2 aliphatic rings. The van der Waals surface area contributed by atoms with Crippen molar-refractivity contribution in [3.8, 4) is 0 Å². The van der Waals surface area contributed by atoms with E-state index in [-0.39, 0.29) is 11.6 Å². The smallest absolute Gasteiger partial charge is 0.319 e. The Kier molecular flexibility index (Phi) is 3.48. The third kappa shape index (κ3) is 2.29. The molecular weight excluding hydrogens is 314 g/mol. The van der Waals surface area contributed by atoms with Gasteiger partial charge in [-0.1, -0.05) is 37.8 Å². The number of nitrogens with zero attached hydrogens (tertiary/aromatic N) is 1. The van der Waals surface area contributed by atoms with Crippen molar-refractivity contribution in [1.82, 2.24) is 10.3 Å². The molecule has 4 rings (SSSR count). The largest absolute Gasteiger partial charge is 0.440 e. The lowest BCUT2D eigenvalue weighted by Crippen LogP contribution is -2.52. The van der Waals surface area contributed by atoms with Crippen molar-refractivity contribution in [2.45, 2.75) is 57.4 Å². The molecule has 1 saturated carbocycles. The first-order chi connectivity index (χ1) is 11.1. The average Bonchev–Trinajstić information content (AvgIpc) is 2.90. The van der Waals surface area contributed by atoms with E-state index in [1.54, 1.807) is 6.07 Å². The Morgan fingerprint density at radius 1 is 1.35 bits per heavy atom. The highest BCUT2D eigenvalue weighted by Gasteiger charge is 2.43. The fourth-order valence-corrected chi connectivity index (χ4v) is 4.18. The first-order valence-electron chi connectivity index (χ1n) is 8.34. The molecule has 2 aromatic rings. The number of aromatic nitrogens is 1. The summed E-state index contributed by atoms with van der Waals surface area (Å²) in [6.45, 7) is 2.10. The van der Waals surface area contributed by atoms with Gasteiger partial charge in [0, 0.05) is 12.0 Å². The minimum Gasteiger partial charge on any atom is -0.440 e. The van der Waals surface area contributed by atoms with E-state index in [1.807, 2.05) is 0 Å². The third-order valence-corrected chi connectivity index (χ3v) is 5.22. The number of hydrogen-bond acceptors (Lipinski definition) is 3. The van der Waals surface area contributed by atoms with Crippen LogP contribution in [-0.4, -0.2) is 11.0 Å².